The SMILES string of the molecule is Cc1ccc(NCCc2ccsc2)cc1C. The zero-order valence-electron chi connectivity index (χ0n) is 9.79. The van der Waals surface area contributed by atoms with E-state index < -0.39 is 0 Å². The summed E-state index contributed by atoms with van der Waals surface area (Å²) in [5.41, 5.74) is 5.34. The molecule has 2 rings (SSSR count). The smallest absolute Gasteiger partial charge is 0.0343 e. The average molecular weight is 231 g/mol. The summed E-state index contributed by atoms with van der Waals surface area (Å²) >= 11 is 1.76. The van der Waals surface area contributed by atoms with Crippen molar-refractivity contribution in [2.75, 3.05) is 11.9 Å². The minimum Gasteiger partial charge on any atom is -0.385 e. The van der Waals surface area contributed by atoms with Gasteiger partial charge in [-0.3, -0.25) is 0 Å². The number of hydrogen-bond acceptors (Lipinski definition) is 2. The van der Waals surface area contributed by atoms with Gasteiger partial charge in [0.05, 0.1) is 0 Å². The number of anilines is 1. The molecule has 1 aromatic carbocycles. The molecule has 0 aliphatic heterocycles. The van der Waals surface area contributed by atoms with Gasteiger partial charge in [-0.25, -0.2) is 0 Å². The van der Waals surface area contributed by atoms with Gasteiger partial charge in [0.1, 0.15) is 0 Å². The fourth-order valence-electron chi connectivity index (χ4n) is 1.64. The molecule has 0 unspecified atom stereocenters. The van der Waals surface area contributed by atoms with Crippen molar-refractivity contribution in [2.45, 2.75) is 20.3 Å². The molecule has 0 spiro atoms. The summed E-state index contributed by atoms with van der Waals surface area (Å²) < 4.78 is 0. The van der Waals surface area contributed by atoms with Crippen LogP contribution in [0, 0.1) is 13.8 Å². The van der Waals surface area contributed by atoms with Crippen LogP contribution in [0.5, 0.6) is 0 Å². The van der Waals surface area contributed by atoms with Crippen LogP contribution >= 0.6 is 11.3 Å². The molecule has 2 aromatic rings. The molecule has 0 saturated heterocycles. The number of benzene rings is 1. The maximum atomic E-state index is 3.46. The molecule has 1 nitrogen and oxygen atoms in total. The molecule has 16 heavy (non-hydrogen) atoms. The molecular weight excluding hydrogens is 214 g/mol. The van der Waals surface area contributed by atoms with Crippen LogP contribution < -0.4 is 5.32 Å². The van der Waals surface area contributed by atoms with E-state index >= 15 is 0 Å². The minimum atomic E-state index is 0.999. The molecule has 0 amide bonds. The van der Waals surface area contributed by atoms with Crippen molar-refractivity contribution in [1.29, 1.82) is 0 Å². The molecule has 0 fully saturated rings. The fourth-order valence-corrected chi connectivity index (χ4v) is 2.34. The van der Waals surface area contributed by atoms with Crippen LogP contribution in [0.2, 0.25) is 0 Å². The first-order valence-electron chi connectivity index (χ1n) is 5.58. The largest absolute Gasteiger partial charge is 0.385 e. The van der Waals surface area contributed by atoms with Crippen LogP contribution in [0.25, 0.3) is 0 Å². The third-order valence-electron chi connectivity index (χ3n) is 2.83. The van der Waals surface area contributed by atoms with E-state index in [0.717, 1.165) is 13.0 Å². The van der Waals surface area contributed by atoms with Crippen molar-refractivity contribution >= 4 is 17.0 Å². The van der Waals surface area contributed by atoms with Crippen LogP contribution in [-0.2, 0) is 6.42 Å². The number of aryl methyl sites for hydroxylation is 2. The molecule has 0 aliphatic carbocycles. The van der Waals surface area contributed by atoms with E-state index in [2.05, 4.69) is 54.2 Å². The van der Waals surface area contributed by atoms with E-state index in [1.54, 1.807) is 11.3 Å². The predicted molar refractivity (Wildman–Crippen MR) is 72.4 cm³/mol. The minimum absolute atomic E-state index is 0.999. The van der Waals surface area contributed by atoms with Crippen molar-refractivity contribution in [3.05, 3.63) is 51.7 Å². The lowest BCUT2D eigenvalue weighted by molar-refractivity contribution is 1.03. The molecule has 0 radical (unpaired) electrons. The molecule has 1 N–H and O–H groups in total. The summed E-state index contributed by atoms with van der Waals surface area (Å²) in [6.45, 7) is 5.29. The van der Waals surface area contributed by atoms with Gasteiger partial charge in [0.15, 0.2) is 0 Å². The summed E-state index contributed by atoms with van der Waals surface area (Å²) in [5.74, 6) is 0. The molecular formula is C14H17NS. The Bertz CT molecular complexity index is 446. The standard InChI is InChI=1S/C14H17NS/c1-11-3-4-14(9-12(11)2)15-7-5-13-6-8-16-10-13/h3-4,6,8-10,15H,5,7H2,1-2H3. The molecule has 0 atom stereocenters. The monoisotopic (exact) mass is 231 g/mol. The maximum absolute atomic E-state index is 3.46. The van der Waals surface area contributed by atoms with Gasteiger partial charge in [0, 0.05) is 12.2 Å². The van der Waals surface area contributed by atoms with Gasteiger partial charge >= 0.3 is 0 Å². The Labute approximate surface area is 101 Å². The van der Waals surface area contributed by atoms with Crippen molar-refractivity contribution in [2.24, 2.45) is 0 Å². The Hall–Kier alpha value is -1.28. The second kappa shape index (κ2) is 5.17. The summed E-state index contributed by atoms with van der Waals surface area (Å²) in [7, 11) is 0. The molecule has 1 heterocycles. The first-order valence-corrected chi connectivity index (χ1v) is 6.52. The third-order valence-corrected chi connectivity index (χ3v) is 3.56. The van der Waals surface area contributed by atoms with Gasteiger partial charge in [-0.1, -0.05) is 6.07 Å². The quantitative estimate of drug-likeness (QED) is 0.838. The Balaban J connectivity index is 1.87. The zero-order valence-corrected chi connectivity index (χ0v) is 10.6. The Morgan fingerprint density at radius 3 is 2.69 bits per heavy atom. The van der Waals surface area contributed by atoms with E-state index in [4.69, 9.17) is 0 Å². The summed E-state index contributed by atoms with van der Waals surface area (Å²) in [6, 6.07) is 8.72. The summed E-state index contributed by atoms with van der Waals surface area (Å²) in [5, 5.41) is 7.80. The molecule has 0 bridgehead atoms. The molecule has 2 heteroatoms. The number of thiophene rings is 1. The molecule has 0 aliphatic rings. The molecule has 0 saturated carbocycles. The highest BCUT2D eigenvalue weighted by Gasteiger charge is 1.96. The lowest BCUT2D eigenvalue weighted by Gasteiger charge is -2.08. The van der Waals surface area contributed by atoms with Gasteiger partial charge in [-0.15, -0.1) is 0 Å². The lowest BCUT2D eigenvalue weighted by Crippen LogP contribution is -2.04. The van der Waals surface area contributed by atoms with Crippen LogP contribution in [0.3, 0.4) is 0 Å². The number of rotatable bonds is 4. The Morgan fingerprint density at radius 2 is 2.00 bits per heavy atom. The van der Waals surface area contributed by atoms with Crippen LogP contribution in [0.15, 0.2) is 35.0 Å². The summed E-state index contributed by atoms with van der Waals surface area (Å²) in [4.78, 5) is 0. The maximum Gasteiger partial charge on any atom is 0.0343 e. The summed E-state index contributed by atoms with van der Waals surface area (Å²) in [6.07, 6.45) is 1.09. The second-order valence-electron chi connectivity index (χ2n) is 4.11. The van der Waals surface area contributed by atoms with Crippen molar-refractivity contribution in [3.8, 4) is 0 Å². The first kappa shape index (κ1) is 11.2. The highest BCUT2D eigenvalue weighted by Crippen LogP contribution is 2.14. The van der Waals surface area contributed by atoms with E-state index in [1.165, 1.54) is 22.4 Å². The fraction of sp³-hybridized carbons (Fsp3) is 0.286. The van der Waals surface area contributed by atoms with Crippen molar-refractivity contribution in [1.82, 2.24) is 0 Å². The van der Waals surface area contributed by atoms with E-state index in [9.17, 15) is 0 Å². The third kappa shape index (κ3) is 2.86. The highest BCUT2D eigenvalue weighted by molar-refractivity contribution is 7.07. The molecule has 84 valence electrons. The van der Waals surface area contributed by atoms with Gasteiger partial charge in [-0.2, -0.15) is 11.3 Å². The molecule has 1 aromatic heterocycles. The Morgan fingerprint density at radius 1 is 1.12 bits per heavy atom. The van der Waals surface area contributed by atoms with E-state index in [0.29, 0.717) is 0 Å². The topological polar surface area (TPSA) is 12.0 Å². The van der Waals surface area contributed by atoms with Gasteiger partial charge in [0.2, 0.25) is 0 Å². The van der Waals surface area contributed by atoms with Gasteiger partial charge < -0.3 is 5.32 Å². The number of hydrogen-bond donors (Lipinski definition) is 1. The first-order chi connectivity index (χ1) is 7.75. The van der Waals surface area contributed by atoms with Crippen LogP contribution in [0.4, 0.5) is 5.69 Å². The number of nitrogens with one attached hydrogen (secondary N) is 1. The van der Waals surface area contributed by atoms with Crippen LogP contribution in [-0.4, -0.2) is 6.54 Å². The van der Waals surface area contributed by atoms with Crippen LogP contribution in [0.1, 0.15) is 16.7 Å². The van der Waals surface area contributed by atoms with Crippen molar-refractivity contribution in [3.63, 3.8) is 0 Å². The van der Waals surface area contributed by atoms with Gasteiger partial charge in [-0.05, 0) is 65.9 Å². The van der Waals surface area contributed by atoms with E-state index in [-0.39, 0.29) is 0 Å². The Kier molecular flexibility index (Phi) is 3.62. The van der Waals surface area contributed by atoms with Crippen molar-refractivity contribution < 1.29 is 0 Å². The normalized spacial score (nSPS) is 10.4. The highest BCUT2D eigenvalue weighted by atomic mass is 32.1. The second-order valence-corrected chi connectivity index (χ2v) is 4.89. The lowest BCUT2D eigenvalue weighted by atomic mass is 10.1. The van der Waals surface area contributed by atoms with Gasteiger partial charge in [0.25, 0.3) is 0 Å². The predicted octanol–water partition coefficient (Wildman–Crippen LogP) is 4.02. The average Bonchev–Trinajstić information content (AvgIpc) is 2.76. The zero-order chi connectivity index (χ0) is 11.4. The van der Waals surface area contributed by atoms with E-state index in [1.807, 2.05) is 0 Å².